The molecule has 0 saturated carbocycles. The summed E-state index contributed by atoms with van der Waals surface area (Å²) in [6.45, 7) is 3.31. The number of carboxylic acid groups (broad SMARTS) is 1. The van der Waals surface area contributed by atoms with Crippen molar-refractivity contribution in [2.45, 2.75) is 31.9 Å². The molecule has 0 radical (unpaired) electrons. The van der Waals surface area contributed by atoms with E-state index in [2.05, 4.69) is 45.1 Å². The number of halogens is 1. The molecule has 0 unspecified atom stereocenters. The van der Waals surface area contributed by atoms with E-state index in [-0.39, 0.29) is 12.5 Å². The van der Waals surface area contributed by atoms with E-state index in [0.717, 1.165) is 36.9 Å². The highest BCUT2D eigenvalue weighted by atomic mass is 79.9. The molecule has 0 bridgehead atoms. The number of carbonyl (C=O) groups is 1. The standard InChI is InChI=1S/C15H20BrNO3/c16-13-3-1-12(2-4-13)11-17-8-5-14(6-9-17)20-10-7-15(18)19/h1-4,14H,5-11H2,(H,18,19). The number of likely N-dealkylation sites (tertiary alicyclic amines) is 1. The maximum Gasteiger partial charge on any atom is 0.305 e. The minimum Gasteiger partial charge on any atom is -0.481 e. The molecule has 0 aliphatic carbocycles. The molecule has 0 atom stereocenters. The molecular weight excluding hydrogens is 322 g/mol. The lowest BCUT2D eigenvalue weighted by atomic mass is 10.1. The summed E-state index contributed by atoms with van der Waals surface area (Å²) >= 11 is 3.44. The molecule has 1 saturated heterocycles. The van der Waals surface area contributed by atoms with Gasteiger partial charge >= 0.3 is 5.97 Å². The van der Waals surface area contributed by atoms with Crippen LogP contribution in [0.5, 0.6) is 0 Å². The molecule has 20 heavy (non-hydrogen) atoms. The minimum absolute atomic E-state index is 0.0963. The van der Waals surface area contributed by atoms with Crippen LogP contribution in [0.4, 0.5) is 0 Å². The van der Waals surface area contributed by atoms with E-state index in [4.69, 9.17) is 9.84 Å². The van der Waals surface area contributed by atoms with Gasteiger partial charge in [-0.05, 0) is 30.5 Å². The van der Waals surface area contributed by atoms with Crippen LogP contribution < -0.4 is 0 Å². The number of rotatable bonds is 6. The maximum atomic E-state index is 10.4. The molecule has 110 valence electrons. The van der Waals surface area contributed by atoms with Crippen molar-refractivity contribution in [1.29, 1.82) is 0 Å². The van der Waals surface area contributed by atoms with Gasteiger partial charge < -0.3 is 9.84 Å². The zero-order valence-corrected chi connectivity index (χ0v) is 13.0. The van der Waals surface area contributed by atoms with E-state index in [1.807, 2.05) is 0 Å². The molecule has 1 aliphatic rings. The quantitative estimate of drug-likeness (QED) is 0.864. The van der Waals surface area contributed by atoms with Crippen molar-refractivity contribution < 1.29 is 14.6 Å². The SMILES string of the molecule is O=C(O)CCOC1CCN(Cc2ccc(Br)cc2)CC1. The first-order valence-corrected chi connectivity index (χ1v) is 7.73. The normalized spacial score (nSPS) is 17.2. The van der Waals surface area contributed by atoms with E-state index in [1.165, 1.54) is 5.56 Å². The van der Waals surface area contributed by atoms with Gasteiger partial charge in [-0.3, -0.25) is 9.69 Å². The topological polar surface area (TPSA) is 49.8 Å². The number of benzene rings is 1. The van der Waals surface area contributed by atoms with Crippen molar-refractivity contribution in [3.8, 4) is 0 Å². The Labute approximate surface area is 127 Å². The summed E-state index contributed by atoms with van der Waals surface area (Å²) in [5.74, 6) is -0.794. The predicted molar refractivity (Wildman–Crippen MR) is 80.6 cm³/mol. The van der Waals surface area contributed by atoms with Crippen LogP contribution in [0, 0.1) is 0 Å². The Kier molecular flexibility index (Phi) is 6.01. The molecule has 1 aliphatic heterocycles. The summed E-state index contributed by atoms with van der Waals surface area (Å²) in [5, 5.41) is 8.58. The van der Waals surface area contributed by atoms with Crippen molar-refractivity contribution in [1.82, 2.24) is 4.90 Å². The monoisotopic (exact) mass is 341 g/mol. The van der Waals surface area contributed by atoms with Gasteiger partial charge in [0.15, 0.2) is 0 Å². The molecule has 4 nitrogen and oxygen atoms in total. The molecule has 1 aromatic carbocycles. The molecule has 2 rings (SSSR count). The largest absolute Gasteiger partial charge is 0.481 e. The molecule has 0 aromatic heterocycles. The summed E-state index contributed by atoms with van der Waals surface area (Å²) in [7, 11) is 0. The van der Waals surface area contributed by atoms with Gasteiger partial charge in [-0.25, -0.2) is 0 Å². The van der Waals surface area contributed by atoms with Crippen LogP contribution in [0.25, 0.3) is 0 Å². The van der Waals surface area contributed by atoms with Crippen molar-refractivity contribution in [2.24, 2.45) is 0 Å². The van der Waals surface area contributed by atoms with E-state index in [0.29, 0.717) is 6.61 Å². The fourth-order valence-corrected chi connectivity index (χ4v) is 2.66. The summed E-state index contributed by atoms with van der Waals surface area (Å²) in [5.41, 5.74) is 1.32. The lowest BCUT2D eigenvalue weighted by Crippen LogP contribution is -2.36. The second-order valence-corrected chi connectivity index (χ2v) is 6.03. The Morgan fingerprint density at radius 2 is 1.95 bits per heavy atom. The molecule has 1 aromatic rings. The second-order valence-electron chi connectivity index (χ2n) is 5.12. The zero-order chi connectivity index (χ0) is 14.4. The average Bonchev–Trinajstić information content (AvgIpc) is 2.43. The number of aliphatic carboxylic acids is 1. The Morgan fingerprint density at radius 1 is 1.30 bits per heavy atom. The number of piperidine rings is 1. The molecule has 0 spiro atoms. The van der Waals surface area contributed by atoms with Crippen LogP contribution in [-0.4, -0.2) is 41.8 Å². The van der Waals surface area contributed by atoms with Crippen molar-refractivity contribution in [3.05, 3.63) is 34.3 Å². The molecule has 5 heteroatoms. The fraction of sp³-hybridized carbons (Fsp3) is 0.533. The molecule has 1 N–H and O–H groups in total. The number of carboxylic acids is 1. The summed E-state index contributed by atoms with van der Waals surface area (Å²) in [6.07, 6.45) is 2.28. The highest BCUT2D eigenvalue weighted by Crippen LogP contribution is 2.17. The van der Waals surface area contributed by atoms with Crippen molar-refractivity contribution in [2.75, 3.05) is 19.7 Å². The first-order valence-electron chi connectivity index (χ1n) is 6.93. The van der Waals surface area contributed by atoms with Crippen LogP contribution in [0.15, 0.2) is 28.7 Å². The van der Waals surface area contributed by atoms with Gasteiger partial charge in [-0.1, -0.05) is 28.1 Å². The first-order chi connectivity index (χ1) is 9.63. The summed E-state index contributed by atoms with van der Waals surface area (Å²) < 4.78 is 6.70. The van der Waals surface area contributed by atoms with Crippen LogP contribution >= 0.6 is 15.9 Å². The van der Waals surface area contributed by atoms with Crippen LogP contribution in [0.2, 0.25) is 0 Å². The van der Waals surface area contributed by atoms with Crippen molar-refractivity contribution in [3.63, 3.8) is 0 Å². The highest BCUT2D eigenvalue weighted by Gasteiger charge is 2.19. The molecule has 0 amide bonds. The molecule has 1 fully saturated rings. The van der Waals surface area contributed by atoms with Gasteiger partial charge in [-0.15, -0.1) is 0 Å². The van der Waals surface area contributed by atoms with E-state index >= 15 is 0 Å². The van der Waals surface area contributed by atoms with Gasteiger partial charge in [0.05, 0.1) is 19.1 Å². The van der Waals surface area contributed by atoms with E-state index < -0.39 is 5.97 Å². The summed E-state index contributed by atoms with van der Waals surface area (Å²) in [4.78, 5) is 12.8. The fourth-order valence-electron chi connectivity index (χ4n) is 2.39. The Morgan fingerprint density at radius 3 is 2.55 bits per heavy atom. The van der Waals surface area contributed by atoms with Gasteiger partial charge in [-0.2, -0.15) is 0 Å². The predicted octanol–water partition coefficient (Wildman–Crippen LogP) is 2.90. The van der Waals surface area contributed by atoms with Gasteiger partial charge in [0.2, 0.25) is 0 Å². The van der Waals surface area contributed by atoms with Crippen LogP contribution in [0.1, 0.15) is 24.8 Å². The summed E-state index contributed by atoms with van der Waals surface area (Å²) in [6, 6.07) is 8.41. The average molecular weight is 342 g/mol. The lowest BCUT2D eigenvalue weighted by Gasteiger charge is -2.31. The van der Waals surface area contributed by atoms with Gasteiger partial charge in [0, 0.05) is 24.1 Å². The van der Waals surface area contributed by atoms with E-state index in [9.17, 15) is 4.79 Å². The lowest BCUT2D eigenvalue weighted by molar-refractivity contribution is -0.138. The van der Waals surface area contributed by atoms with Crippen LogP contribution in [0.3, 0.4) is 0 Å². The van der Waals surface area contributed by atoms with Crippen LogP contribution in [-0.2, 0) is 16.1 Å². The third-order valence-corrected chi connectivity index (χ3v) is 4.05. The zero-order valence-electron chi connectivity index (χ0n) is 11.4. The van der Waals surface area contributed by atoms with Gasteiger partial charge in [0.25, 0.3) is 0 Å². The third kappa shape index (κ3) is 5.23. The molecule has 1 heterocycles. The van der Waals surface area contributed by atoms with E-state index in [1.54, 1.807) is 0 Å². The molecular formula is C15H20BrNO3. The Balaban J connectivity index is 1.68. The van der Waals surface area contributed by atoms with Crippen molar-refractivity contribution >= 4 is 21.9 Å². The number of hydrogen-bond donors (Lipinski definition) is 1. The number of hydrogen-bond acceptors (Lipinski definition) is 3. The third-order valence-electron chi connectivity index (χ3n) is 3.52. The maximum absolute atomic E-state index is 10.4. The number of nitrogens with zero attached hydrogens (tertiary/aromatic N) is 1. The first kappa shape index (κ1) is 15.5. The second kappa shape index (κ2) is 7.76. The minimum atomic E-state index is -0.794. The Hall–Kier alpha value is -0.910. The van der Waals surface area contributed by atoms with Gasteiger partial charge in [0.1, 0.15) is 0 Å². The smallest absolute Gasteiger partial charge is 0.305 e. The number of ether oxygens (including phenoxy) is 1. The highest BCUT2D eigenvalue weighted by molar-refractivity contribution is 9.10. The Bertz CT molecular complexity index is 427.